The minimum absolute atomic E-state index is 0.173. The second-order valence-electron chi connectivity index (χ2n) is 5.85. The lowest BCUT2D eigenvalue weighted by Gasteiger charge is -2.09. The van der Waals surface area contributed by atoms with Gasteiger partial charge in [0.1, 0.15) is 0 Å². The van der Waals surface area contributed by atoms with Crippen molar-refractivity contribution < 1.29 is 9.53 Å². The molecular weight excluding hydrogens is 286 g/mol. The van der Waals surface area contributed by atoms with Crippen molar-refractivity contribution >= 4 is 16.9 Å². The molecule has 118 valence electrons. The van der Waals surface area contributed by atoms with Gasteiger partial charge < -0.3 is 9.30 Å². The molecule has 0 fully saturated rings. The van der Waals surface area contributed by atoms with Crippen molar-refractivity contribution in [2.24, 2.45) is 7.05 Å². The highest BCUT2D eigenvalue weighted by atomic mass is 16.5. The highest BCUT2D eigenvalue weighted by Crippen LogP contribution is 2.34. The SMILES string of the molecule is COC(=O)CCc1c(-c2ccc(C)cc2)n(C)c2ccccc12. The van der Waals surface area contributed by atoms with Crippen LogP contribution in [-0.4, -0.2) is 17.6 Å². The van der Waals surface area contributed by atoms with E-state index in [0.29, 0.717) is 12.8 Å². The van der Waals surface area contributed by atoms with Gasteiger partial charge in [-0.15, -0.1) is 0 Å². The summed E-state index contributed by atoms with van der Waals surface area (Å²) in [6.45, 7) is 2.09. The van der Waals surface area contributed by atoms with Gasteiger partial charge in [0.05, 0.1) is 12.8 Å². The van der Waals surface area contributed by atoms with Crippen LogP contribution in [0.5, 0.6) is 0 Å². The zero-order chi connectivity index (χ0) is 16.4. The van der Waals surface area contributed by atoms with Crippen molar-refractivity contribution in [2.45, 2.75) is 19.8 Å². The Labute approximate surface area is 136 Å². The van der Waals surface area contributed by atoms with Gasteiger partial charge in [0.15, 0.2) is 0 Å². The number of benzene rings is 2. The summed E-state index contributed by atoms with van der Waals surface area (Å²) in [5, 5.41) is 1.20. The van der Waals surface area contributed by atoms with E-state index >= 15 is 0 Å². The van der Waals surface area contributed by atoms with Crippen molar-refractivity contribution in [2.75, 3.05) is 7.11 Å². The summed E-state index contributed by atoms with van der Waals surface area (Å²) in [7, 11) is 3.52. The normalized spacial score (nSPS) is 10.9. The molecule has 0 atom stereocenters. The Kier molecular flexibility index (Phi) is 4.20. The van der Waals surface area contributed by atoms with E-state index < -0.39 is 0 Å². The molecule has 3 aromatic rings. The van der Waals surface area contributed by atoms with Crippen molar-refractivity contribution in [3.8, 4) is 11.3 Å². The second kappa shape index (κ2) is 6.29. The molecule has 1 heterocycles. The fraction of sp³-hybridized carbons (Fsp3) is 0.250. The molecule has 0 bridgehead atoms. The highest BCUT2D eigenvalue weighted by Gasteiger charge is 2.17. The number of nitrogens with zero attached hydrogens (tertiary/aromatic N) is 1. The topological polar surface area (TPSA) is 31.2 Å². The fourth-order valence-corrected chi connectivity index (χ4v) is 3.13. The number of carbonyl (C=O) groups is 1. The van der Waals surface area contributed by atoms with Gasteiger partial charge >= 0.3 is 5.97 Å². The number of fused-ring (bicyclic) bond motifs is 1. The molecule has 0 aliphatic carbocycles. The number of carbonyl (C=O) groups excluding carboxylic acids is 1. The number of esters is 1. The molecule has 0 aliphatic rings. The van der Waals surface area contributed by atoms with E-state index in [1.165, 1.54) is 40.4 Å². The van der Waals surface area contributed by atoms with Crippen LogP contribution in [0.2, 0.25) is 0 Å². The predicted molar refractivity (Wildman–Crippen MR) is 93.4 cm³/mol. The second-order valence-corrected chi connectivity index (χ2v) is 5.85. The van der Waals surface area contributed by atoms with E-state index in [-0.39, 0.29) is 5.97 Å². The average molecular weight is 307 g/mol. The quantitative estimate of drug-likeness (QED) is 0.674. The van der Waals surface area contributed by atoms with E-state index in [1.807, 2.05) is 12.1 Å². The van der Waals surface area contributed by atoms with Crippen LogP contribution in [0.25, 0.3) is 22.2 Å². The first-order valence-electron chi connectivity index (χ1n) is 7.82. The van der Waals surface area contributed by atoms with Crippen LogP contribution in [0.1, 0.15) is 17.5 Å². The summed E-state index contributed by atoms with van der Waals surface area (Å²) in [5.41, 5.74) is 5.98. The molecule has 0 unspecified atom stereocenters. The smallest absolute Gasteiger partial charge is 0.305 e. The van der Waals surface area contributed by atoms with Gasteiger partial charge in [-0.2, -0.15) is 0 Å². The number of para-hydroxylation sites is 1. The molecule has 0 aliphatic heterocycles. The van der Waals surface area contributed by atoms with E-state index in [9.17, 15) is 4.79 Å². The third kappa shape index (κ3) is 2.87. The van der Waals surface area contributed by atoms with Gasteiger partial charge in [-0.1, -0.05) is 48.0 Å². The molecule has 0 saturated heterocycles. The molecule has 0 N–H and O–H groups in total. The molecule has 23 heavy (non-hydrogen) atoms. The minimum Gasteiger partial charge on any atom is -0.469 e. The Morgan fingerprint density at radius 3 is 2.48 bits per heavy atom. The monoisotopic (exact) mass is 307 g/mol. The van der Waals surface area contributed by atoms with Gasteiger partial charge in [-0.25, -0.2) is 0 Å². The van der Waals surface area contributed by atoms with Crippen LogP contribution < -0.4 is 0 Å². The Morgan fingerprint density at radius 2 is 1.78 bits per heavy atom. The molecular formula is C20H21NO2. The molecule has 0 spiro atoms. The van der Waals surface area contributed by atoms with Gasteiger partial charge in [-0.3, -0.25) is 4.79 Å². The maximum atomic E-state index is 11.6. The summed E-state index contributed by atoms with van der Waals surface area (Å²) in [6.07, 6.45) is 1.07. The van der Waals surface area contributed by atoms with E-state index in [4.69, 9.17) is 4.74 Å². The van der Waals surface area contributed by atoms with Crippen LogP contribution in [0.15, 0.2) is 48.5 Å². The maximum absolute atomic E-state index is 11.6. The first kappa shape index (κ1) is 15.3. The van der Waals surface area contributed by atoms with Gasteiger partial charge in [0.2, 0.25) is 0 Å². The number of hydrogen-bond acceptors (Lipinski definition) is 2. The minimum atomic E-state index is -0.173. The molecule has 1 aromatic heterocycles. The third-order valence-electron chi connectivity index (χ3n) is 4.34. The molecule has 0 amide bonds. The van der Waals surface area contributed by atoms with E-state index in [1.54, 1.807) is 0 Å². The first-order valence-corrected chi connectivity index (χ1v) is 7.82. The van der Waals surface area contributed by atoms with Crippen LogP contribution in [0, 0.1) is 6.92 Å². The van der Waals surface area contributed by atoms with Crippen LogP contribution in [-0.2, 0) is 23.0 Å². The Morgan fingerprint density at radius 1 is 1.09 bits per heavy atom. The van der Waals surface area contributed by atoms with Crippen molar-refractivity contribution in [3.63, 3.8) is 0 Å². The number of ether oxygens (including phenoxy) is 1. The Bertz CT molecular complexity index is 844. The number of rotatable bonds is 4. The van der Waals surface area contributed by atoms with Crippen molar-refractivity contribution in [1.82, 2.24) is 4.57 Å². The zero-order valence-corrected chi connectivity index (χ0v) is 13.8. The average Bonchev–Trinajstić information content (AvgIpc) is 2.86. The summed E-state index contributed by atoms with van der Waals surface area (Å²) in [4.78, 5) is 11.6. The van der Waals surface area contributed by atoms with Gasteiger partial charge in [0.25, 0.3) is 0 Å². The number of aromatic nitrogens is 1. The maximum Gasteiger partial charge on any atom is 0.305 e. The number of methoxy groups -OCH3 is 1. The lowest BCUT2D eigenvalue weighted by atomic mass is 10.0. The van der Waals surface area contributed by atoms with E-state index in [2.05, 4.69) is 54.9 Å². The summed E-state index contributed by atoms with van der Waals surface area (Å²) < 4.78 is 7.02. The Hall–Kier alpha value is -2.55. The summed E-state index contributed by atoms with van der Waals surface area (Å²) in [6, 6.07) is 16.9. The molecule has 0 radical (unpaired) electrons. The Balaban J connectivity index is 2.16. The predicted octanol–water partition coefficient (Wildman–Crippen LogP) is 4.26. The van der Waals surface area contributed by atoms with Crippen LogP contribution in [0.4, 0.5) is 0 Å². The lowest BCUT2D eigenvalue weighted by Crippen LogP contribution is -2.03. The molecule has 3 rings (SSSR count). The third-order valence-corrected chi connectivity index (χ3v) is 4.34. The van der Waals surface area contributed by atoms with E-state index in [0.717, 1.165) is 0 Å². The fourth-order valence-electron chi connectivity index (χ4n) is 3.13. The highest BCUT2D eigenvalue weighted by molar-refractivity contribution is 5.92. The first-order chi connectivity index (χ1) is 11.1. The van der Waals surface area contributed by atoms with Gasteiger partial charge in [0, 0.05) is 24.4 Å². The largest absolute Gasteiger partial charge is 0.469 e. The van der Waals surface area contributed by atoms with Crippen molar-refractivity contribution in [3.05, 3.63) is 59.7 Å². The van der Waals surface area contributed by atoms with Crippen molar-refractivity contribution in [1.29, 1.82) is 0 Å². The summed E-state index contributed by atoms with van der Waals surface area (Å²) in [5.74, 6) is -0.173. The number of aryl methyl sites for hydroxylation is 3. The van der Waals surface area contributed by atoms with Crippen LogP contribution >= 0.6 is 0 Å². The zero-order valence-electron chi connectivity index (χ0n) is 13.8. The number of hydrogen-bond donors (Lipinski definition) is 0. The van der Waals surface area contributed by atoms with Crippen LogP contribution in [0.3, 0.4) is 0 Å². The van der Waals surface area contributed by atoms with Gasteiger partial charge in [-0.05, 0) is 30.5 Å². The molecule has 0 saturated carbocycles. The molecule has 2 aromatic carbocycles. The lowest BCUT2D eigenvalue weighted by molar-refractivity contribution is -0.140. The standard InChI is InChI=1S/C20H21NO2/c1-14-8-10-15(11-9-14)20-17(12-13-19(22)23-3)16-6-4-5-7-18(16)21(20)2/h4-11H,12-13H2,1-3H3. The summed E-state index contributed by atoms with van der Waals surface area (Å²) >= 11 is 0. The molecule has 3 heteroatoms. The molecule has 3 nitrogen and oxygen atoms in total.